The fourth-order valence-corrected chi connectivity index (χ4v) is 2.45. The molecule has 1 N–H and O–H groups in total. The van der Waals surface area contributed by atoms with Gasteiger partial charge < -0.3 is 10.2 Å². The van der Waals surface area contributed by atoms with Gasteiger partial charge in [-0.1, -0.05) is 48.0 Å². The lowest BCUT2D eigenvalue weighted by atomic mass is 10.1. The Balaban J connectivity index is 1.85. The summed E-state index contributed by atoms with van der Waals surface area (Å²) in [7, 11) is 0. The number of nitrogens with zero attached hydrogens (tertiary/aromatic N) is 1. The van der Waals surface area contributed by atoms with Gasteiger partial charge in [0.2, 0.25) is 11.8 Å². The number of benzene rings is 2. The van der Waals surface area contributed by atoms with Gasteiger partial charge in [0.05, 0.1) is 6.42 Å². The molecule has 0 aliphatic rings. The minimum atomic E-state index is -0.0378. The highest BCUT2D eigenvalue weighted by Crippen LogP contribution is 2.12. The van der Waals surface area contributed by atoms with Crippen LogP contribution < -0.4 is 10.2 Å². The lowest BCUT2D eigenvalue weighted by Crippen LogP contribution is -2.38. The van der Waals surface area contributed by atoms with Crippen LogP contribution >= 0.6 is 0 Å². The molecule has 4 nitrogen and oxygen atoms in total. The Hall–Kier alpha value is -2.62. The van der Waals surface area contributed by atoms with Gasteiger partial charge in [-0.15, -0.1) is 0 Å². The lowest BCUT2D eigenvalue weighted by molar-refractivity contribution is -0.121. The number of carbonyl (C=O) groups is 2. The third-order valence-corrected chi connectivity index (χ3v) is 3.55. The SMILES string of the molecule is CC(=O)N(CCNC(=O)Cc1cccc(C)c1)c1ccccc1. The fourth-order valence-electron chi connectivity index (χ4n) is 2.45. The smallest absolute Gasteiger partial charge is 0.224 e. The quantitative estimate of drug-likeness (QED) is 0.892. The summed E-state index contributed by atoms with van der Waals surface area (Å²) in [6.45, 7) is 4.42. The van der Waals surface area contributed by atoms with Crippen molar-refractivity contribution in [3.05, 3.63) is 65.7 Å². The maximum atomic E-state index is 12.0. The number of anilines is 1. The molecule has 0 unspecified atom stereocenters. The molecule has 0 heterocycles. The molecule has 23 heavy (non-hydrogen) atoms. The summed E-state index contributed by atoms with van der Waals surface area (Å²) >= 11 is 0. The number of nitrogens with one attached hydrogen (secondary N) is 1. The Labute approximate surface area is 137 Å². The number of aryl methyl sites for hydroxylation is 1. The largest absolute Gasteiger partial charge is 0.354 e. The van der Waals surface area contributed by atoms with E-state index in [4.69, 9.17) is 0 Å². The van der Waals surface area contributed by atoms with Crippen molar-refractivity contribution in [2.45, 2.75) is 20.3 Å². The second kappa shape index (κ2) is 8.13. The molecular weight excluding hydrogens is 288 g/mol. The topological polar surface area (TPSA) is 49.4 Å². The second-order valence-corrected chi connectivity index (χ2v) is 5.52. The van der Waals surface area contributed by atoms with Gasteiger partial charge >= 0.3 is 0 Å². The Morgan fingerprint density at radius 2 is 1.78 bits per heavy atom. The average Bonchev–Trinajstić information content (AvgIpc) is 2.52. The number of para-hydroxylation sites is 1. The number of hydrogen-bond acceptors (Lipinski definition) is 2. The van der Waals surface area contributed by atoms with E-state index in [-0.39, 0.29) is 11.8 Å². The molecule has 0 radical (unpaired) electrons. The van der Waals surface area contributed by atoms with Gasteiger partial charge in [-0.05, 0) is 24.6 Å². The first-order valence-electron chi connectivity index (χ1n) is 7.71. The molecule has 0 atom stereocenters. The Morgan fingerprint density at radius 3 is 2.43 bits per heavy atom. The second-order valence-electron chi connectivity index (χ2n) is 5.52. The molecule has 0 saturated carbocycles. The van der Waals surface area contributed by atoms with Crippen LogP contribution in [-0.4, -0.2) is 24.9 Å². The molecular formula is C19H22N2O2. The molecule has 2 aromatic rings. The highest BCUT2D eigenvalue weighted by molar-refractivity contribution is 5.91. The third-order valence-electron chi connectivity index (χ3n) is 3.55. The summed E-state index contributed by atoms with van der Waals surface area (Å²) in [5.74, 6) is -0.0729. The van der Waals surface area contributed by atoms with Gasteiger partial charge in [0.25, 0.3) is 0 Å². The van der Waals surface area contributed by atoms with Crippen LogP contribution in [0.25, 0.3) is 0 Å². The van der Waals surface area contributed by atoms with Crippen molar-refractivity contribution in [1.82, 2.24) is 5.32 Å². The van der Waals surface area contributed by atoms with E-state index in [9.17, 15) is 9.59 Å². The van der Waals surface area contributed by atoms with Crippen LogP contribution in [0, 0.1) is 6.92 Å². The standard InChI is InChI=1S/C19H22N2O2/c1-15-7-6-8-17(13-15)14-19(23)20-11-12-21(16(2)22)18-9-4-3-5-10-18/h3-10,13H,11-12,14H2,1-2H3,(H,20,23). The number of rotatable bonds is 6. The van der Waals surface area contributed by atoms with Crippen molar-refractivity contribution in [2.75, 3.05) is 18.0 Å². The van der Waals surface area contributed by atoms with Crippen LogP contribution in [0.1, 0.15) is 18.1 Å². The molecule has 0 saturated heterocycles. The molecule has 2 aromatic carbocycles. The van der Waals surface area contributed by atoms with Crippen LogP contribution in [-0.2, 0) is 16.0 Å². The summed E-state index contributed by atoms with van der Waals surface area (Å²) in [5.41, 5.74) is 2.98. The van der Waals surface area contributed by atoms with E-state index in [2.05, 4.69) is 5.32 Å². The van der Waals surface area contributed by atoms with Crippen LogP contribution in [0.4, 0.5) is 5.69 Å². The van der Waals surface area contributed by atoms with Crippen LogP contribution in [0.5, 0.6) is 0 Å². The first-order chi connectivity index (χ1) is 11.1. The normalized spacial score (nSPS) is 10.2. The first-order valence-corrected chi connectivity index (χ1v) is 7.71. The molecule has 120 valence electrons. The third kappa shape index (κ3) is 5.25. The van der Waals surface area contributed by atoms with E-state index in [1.807, 2.05) is 61.5 Å². The zero-order valence-electron chi connectivity index (χ0n) is 13.6. The molecule has 2 amide bonds. The van der Waals surface area contributed by atoms with Crippen molar-refractivity contribution in [2.24, 2.45) is 0 Å². The zero-order valence-corrected chi connectivity index (χ0v) is 13.6. The maximum Gasteiger partial charge on any atom is 0.224 e. The van der Waals surface area contributed by atoms with Gasteiger partial charge in [0, 0.05) is 25.7 Å². The molecule has 0 aromatic heterocycles. The Bertz CT molecular complexity index is 668. The highest BCUT2D eigenvalue weighted by atomic mass is 16.2. The van der Waals surface area contributed by atoms with Crippen molar-refractivity contribution in [3.63, 3.8) is 0 Å². The van der Waals surface area contributed by atoms with Gasteiger partial charge in [-0.3, -0.25) is 9.59 Å². The molecule has 0 spiro atoms. The predicted octanol–water partition coefficient (Wildman–Crippen LogP) is 2.71. The summed E-state index contributed by atoms with van der Waals surface area (Å²) in [6.07, 6.45) is 0.354. The van der Waals surface area contributed by atoms with E-state index in [0.717, 1.165) is 16.8 Å². The summed E-state index contributed by atoms with van der Waals surface area (Å²) < 4.78 is 0. The van der Waals surface area contributed by atoms with Gasteiger partial charge in [-0.2, -0.15) is 0 Å². The Kier molecular flexibility index (Phi) is 5.92. The average molecular weight is 310 g/mol. The summed E-state index contributed by atoms with van der Waals surface area (Å²) in [5, 5.41) is 2.87. The highest BCUT2D eigenvalue weighted by Gasteiger charge is 2.11. The Morgan fingerprint density at radius 1 is 1.04 bits per heavy atom. The van der Waals surface area contributed by atoms with Crippen LogP contribution in [0.3, 0.4) is 0 Å². The first kappa shape index (κ1) is 16.7. The van der Waals surface area contributed by atoms with E-state index in [1.165, 1.54) is 6.92 Å². The van der Waals surface area contributed by atoms with Crippen molar-refractivity contribution in [3.8, 4) is 0 Å². The van der Waals surface area contributed by atoms with Crippen molar-refractivity contribution >= 4 is 17.5 Å². The molecule has 4 heteroatoms. The predicted molar refractivity (Wildman–Crippen MR) is 92.4 cm³/mol. The van der Waals surface area contributed by atoms with E-state index < -0.39 is 0 Å². The number of carbonyl (C=O) groups excluding carboxylic acids is 2. The maximum absolute atomic E-state index is 12.0. The van der Waals surface area contributed by atoms with E-state index in [1.54, 1.807) is 4.90 Å². The lowest BCUT2D eigenvalue weighted by Gasteiger charge is -2.21. The van der Waals surface area contributed by atoms with E-state index >= 15 is 0 Å². The molecule has 2 rings (SSSR count). The number of amides is 2. The minimum absolute atomic E-state index is 0.0350. The molecule has 0 aliphatic heterocycles. The molecule has 0 bridgehead atoms. The zero-order chi connectivity index (χ0) is 16.7. The molecule has 0 fully saturated rings. The monoisotopic (exact) mass is 310 g/mol. The molecule has 0 aliphatic carbocycles. The van der Waals surface area contributed by atoms with Gasteiger partial charge in [0.1, 0.15) is 0 Å². The number of hydrogen-bond donors (Lipinski definition) is 1. The van der Waals surface area contributed by atoms with E-state index in [0.29, 0.717) is 19.5 Å². The van der Waals surface area contributed by atoms with Crippen LogP contribution in [0.2, 0.25) is 0 Å². The van der Waals surface area contributed by atoms with Crippen molar-refractivity contribution < 1.29 is 9.59 Å². The van der Waals surface area contributed by atoms with Gasteiger partial charge in [-0.25, -0.2) is 0 Å². The van der Waals surface area contributed by atoms with Crippen LogP contribution in [0.15, 0.2) is 54.6 Å². The summed E-state index contributed by atoms with van der Waals surface area (Å²) in [4.78, 5) is 25.4. The summed E-state index contributed by atoms with van der Waals surface area (Å²) in [6, 6.07) is 17.4. The van der Waals surface area contributed by atoms with Crippen molar-refractivity contribution in [1.29, 1.82) is 0 Å². The fraction of sp³-hybridized carbons (Fsp3) is 0.263. The minimum Gasteiger partial charge on any atom is -0.354 e. The van der Waals surface area contributed by atoms with Gasteiger partial charge in [0.15, 0.2) is 0 Å².